The Morgan fingerprint density at radius 1 is 1.44 bits per heavy atom. The molecule has 1 unspecified atom stereocenters. The lowest BCUT2D eigenvalue weighted by atomic mass is 10.0. The van der Waals surface area contributed by atoms with Crippen molar-refractivity contribution >= 4 is 11.8 Å². The molecule has 0 spiro atoms. The molecule has 3 nitrogen and oxygen atoms in total. The maximum Gasteiger partial charge on any atom is 0.317 e. The van der Waals surface area contributed by atoms with Crippen LogP contribution in [0.25, 0.3) is 0 Å². The number of esters is 1. The summed E-state index contributed by atoms with van der Waals surface area (Å²) in [6.07, 6.45) is 1.95. The van der Waals surface area contributed by atoms with E-state index in [9.17, 15) is 9.59 Å². The van der Waals surface area contributed by atoms with Gasteiger partial charge in [0.2, 0.25) is 0 Å². The topological polar surface area (TPSA) is 43.4 Å². The van der Waals surface area contributed by atoms with Crippen LogP contribution in [0.4, 0.5) is 0 Å². The van der Waals surface area contributed by atoms with Gasteiger partial charge in [0, 0.05) is 5.56 Å². The number of hydrogen-bond acceptors (Lipinski definition) is 3. The van der Waals surface area contributed by atoms with Crippen LogP contribution in [0.1, 0.15) is 27.0 Å². The minimum atomic E-state index is -0.679. The molecule has 0 saturated carbocycles. The number of carbonyl (C=O) groups is 2. The van der Waals surface area contributed by atoms with Gasteiger partial charge in [0.05, 0.1) is 0 Å². The number of ether oxygens (including phenoxy) is 1. The monoisotopic (exact) mass is 244 g/mol. The fraction of sp³-hybridized carbons (Fsp3) is 0.333. The summed E-state index contributed by atoms with van der Waals surface area (Å²) in [5, 5.41) is 0. The van der Waals surface area contributed by atoms with Crippen molar-refractivity contribution in [1.29, 1.82) is 0 Å². The van der Waals surface area contributed by atoms with Crippen molar-refractivity contribution in [3.8, 4) is 0 Å². The highest BCUT2D eigenvalue weighted by Gasteiger charge is 2.37. The average molecular weight is 244 g/mol. The smallest absolute Gasteiger partial charge is 0.317 e. The Labute approximate surface area is 106 Å². The van der Waals surface area contributed by atoms with E-state index in [1.165, 1.54) is 6.08 Å². The second-order valence-corrected chi connectivity index (χ2v) is 4.63. The van der Waals surface area contributed by atoms with Gasteiger partial charge < -0.3 is 4.74 Å². The van der Waals surface area contributed by atoms with Crippen LogP contribution in [0.2, 0.25) is 0 Å². The normalized spacial score (nSPS) is 17.4. The van der Waals surface area contributed by atoms with Crippen molar-refractivity contribution in [2.75, 3.05) is 6.61 Å². The average Bonchev–Trinajstić information content (AvgIpc) is 2.65. The van der Waals surface area contributed by atoms with E-state index in [2.05, 4.69) is 6.58 Å². The molecular formula is C15H16O3. The Morgan fingerprint density at radius 2 is 2.11 bits per heavy atom. The summed E-state index contributed by atoms with van der Waals surface area (Å²) < 4.78 is 4.96. The van der Waals surface area contributed by atoms with Gasteiger partial charge in [0.1, 0.15) is 12.5 Å². The van der Waals surface area contributed by atoms with Crippen molar-refractivity contribution in [2.45, 2.75) is 20.3 Å². The van der Waals surface area contributed by atoms with Gasteiger partial charge in [-0.25, -0.2) is 0 Å². The van der Waals surface area contributed by atoms with E-state index in [0.29, 0.717) is 12.0 Å². The van der Waals surface area contributed by atoms with Crippen LogP contribution in [0, 0.1) is 19.8 Å². The van der Waals surface area contributed by atoms with Crippen molar-refractivity contribution in [3.05, 3.63) is 47.0 Å². The number of fused-ring (bicyclic) bond motifs is 1. The molecule has 0 aromatic heterocycles. The Bertz CT molecular complexity index is 529. The van der Waals surface area contributed by atoms with Crippen LogP contribution in [0.3, 0.4) is 0 Å². The van der Waals surface area contributed by atoms with Gasteiger partial charge in [0.15, 0.2) is 5.78 Å². The first kappa shape index (κ1) is 12.6. The van der Waals surface area contributed by atoms with Crippen LogP contribution < -0.4 is 0 Å². The zero-order valence-electron chi connectivity index (χ0n) is 10.7. The van der Waals surface area contributed by atoms with Crippen LogP contribution in [0.15, 0.2) is 24.8 Å². The first-order chi connectivity index (χ1) is 8.54. The number of carbonyl (C=O) groups excluding carboxylic acids is 2. The number of ketones is 1. The molecule has 1 aliphatic rings. The first-order valence-electron chi connectivity index (χ1n) is 5.96. The van der Waals surface area contributed by atoms with Gasteiger partial charge in [0.25, 0.3) is 0 Å². The standard InChI is InChI=1S/C15H16O3/c1-4-5-18-15(17)13-8-11-6-9(2)10(3)7-12(11)14(13)16/h4,6-7,13H,1,5,8H2,2-3H3. The molecule has 0 N–H and O–H groups in total. The molecule has 94 valence electrons. The Kier molecular flexibility index (Phi) is 3.32. The second-order valence-electron chi connectivity index (χ2n) is 4.63. The summed E-state index contributed by atoms with van der Waals surface area (Å²) >= 11 is 0. The molecule has 1 aromatic carbocycles. The largest absolute Gasteiger partial charge is 0.461 e. The summed E-state index contributed by atoms with van der Waals surface area (Å²) in [4.78, 5) is 23.9. The van der Waals surface area contributed by atoms with E-state index in [0.717, 1.165) is 16.7 Å². The maximum atomic E-state index is 12.1. The summed E-state index contributed by atoms with van der Waals surface area (Å²) in [7, 11) is 0. The molecule has 3 heteroatoms. The Morgan fingerprint density at radius 3 is 2.78 bits per heavy atom. The molecule has 0 radical (unpaired) electrons. The summed E-state index contributed by atoms with van der Waals surface area (Å²) in [6.45, 7) is 7.60. The molecule has 0 aliphatic heterocycles. The highest BCUT2D eigenvalue weighted by Crippen LogP contribution is 2.29. The number of Topliss-reactive ketones (excluding diaryl/α,β-unsaturated/α-hetero) is 1. The Balaban J connectivity index is 2.25. The van der Waals surface area contributed by atoms with Gasteiger partial charge in [-0.05, 0) is 43.0 Å². The highest BCUT2D eigenvalue weighted by atomic mass is 16.5. The third-order valence-corrected chi connectivity index (χ3v) is 3.35. The van der Waals surface area contributed by atoms with Crippen LogP contribution in [-0.2, 0) is 16.0 Å². The predicted octanol–water partition coefficient (Wildman–Crippen LogP) is 2.39. The van der Waals surface area contributed by atoms with Gasteiger partial charge in [-0.1, -0.05) is 18.7 Å². The Hall–Kier alpha value is -1.90. The minimum Gasteiger partial charge on any atom is -0.461 e. The van der Waals surface area contributed by atoms with Crippen LogP contribution in [-0.4, -0.2) is 18.4 Å². The molecule has 1 atom stereocenters. The predicted molar refractivity (Wildman–Crippen MR) is 68.6 cm³/mol. The first-order valence-corrected chi connectivity index (χ1v) is 5.96. The zero-order valence-corrected chi connectivity index (χ0v) is 10.7. The quantitative estimate of drug-likeness (QED) is 0.466. The number of aryl methyl sites for hydroxylation is 2. The maximum absolute atomic E-state index is 12.1. The van der Waals surface area contributed by atoms with Gasteiger partial charge in [-0.3, -0.25) is 9.59 Å². The summed E-state index contributed by atoms with van der Waals surface area (Å²) in [5.74, 6) is -1.25. The van der Waals surface area contributed by atoms with E-state index in [1.807, 2.05) is 26.0 Å². The van der Waals surface area contributed by atoms with Gasteiger partial charge >= 0.3 is 5.97 Å². The zero-order chi connectivity index (χ0) is 13.3. The SMILES string of the molecule is C=CCOC(=O)C1Cc2cc(C)c(C)cc2C1=O. The summed E-state index contributed by atoms with van der Waals surface area (Å²) in [6, 6.07) is 3.86. The number of rotatable bonds is 3. The summed E-state index contributed by atoms with van der Waals surface area (Å²) in [5.41, 5.74) is 3.83. The van der Waals surface area contributed by atoms with Crippen LogP contribution >= 0.6 is 0 Å². The van der Waals surface area contributed by atoms with Crippen molar-refractivity contribution in [3.63, 3.8) is 0 Å². The van der Waals surface area contributed by atoms with E-state index >= 15 is 0 Å². The highest BCUT2D eigenvalue weighted by molar-refractivity contribution is 6.12. The van der Waals surface area contributed by atoms with Crippen LogP contribution in [0.5, 0.6) is 0 Å². The molecule has 1 aromatic rings. The number of benzene rings is 1. The van der Waals surface area contributed by atoms with Crippen molar-refractivity contribution in [1.82, 2.24) is 0 Å². The van der Waals surface area contributed by atoms with Gasteiger partial charge in [-0.15, -0.1) is 0 Å². The van der Waals surface area contributed by atoms with E-state index in [-0.39, 0.29) is 12.4 Å². The lowest BCUT2D eigenvalue weighted by molar-refractivity contribution is -0.145. The third-order valence-electron chi connectivity index (χ3n) is 3.35. The molecular weight excluding hydrogens is 228 g/mol. The molecule has 2 rings (SSSR count). The third kappa shape index (κ3) is 2.08. The minimum absolute atomic E-state index is 0.123. The molecule has 0 bridgehead atoms. The van der Waals surface area contributed by atoms with E-state index in [4.69, 9.17) is 4.74 Å². The molecule has 18 heavy (non-hydrogen) atoms. The molecule has 0 fully saturated rings. The van der Waals surface area contributed by atoms with E-state index < -0.39 is 11.9 Å². The molecule has 0 saturated heterocycles. The molecule has 0 amide bonds. The fourth-order valence-corrected chi connectivity index (χ4v) is 2.21. The molecule has 1 aliphatic carbocycles. The van der Waals surface area contributed by atoms with Gasteiger partial charge in [-0.2, -0.15) is 0 Å². The second kappa shape index (κ2) is 4.77. The van der Waals surface area contributed by atoms with Crippen molar-refractivity contribution < 1.29 is 14.3 Å². The molecule has 0 heterocycles. The lowest BCUT2D eigenvalue weighted by Gasteiger charge is -2.06. The van der Waals surface area contributed by atoms with Crippen molar-refractivity contribution in [2.24, 2.45) is 5.92 Å². The number of hydrogen-bond donors (Lipinski definition) is 0. The van der Waals surface area contributed by atoms with E-state index in [1.54, 1.807) is 0 Å². The lowest BCUT2D eigenvalue weighted by Crippen LogP contribution is -2.23. The fourth-order valence-electron chi connectivity index (χ4n) is 2.21.